The van der Waals surface area contributed by atoms with Crippen LogP contribution in [0.5, 0.6) is 0 Å². The van der Waals surface area contributed by atoms with Gasteiger partial charge >= 0.3 is 5.97 Å². The highest BCUT2D eigenvalue weighted by Crippen LogP contribution is 2.24. The van der Waals surface area contributed by atoms with Gasteiger partial charge in [0.25, 0.3) is 0 Å². The number of benzene rings is 2. The highest BCUT2D eigenvalue weighted by Gasteiger charge is 2.10. The minimum Gasteiger partial charge on any atom is -0.465 e. The lowest BCUT2D eigenvalue weighted by Gasteiger charge is -2.10. The van der Waals surface area contributed by atoms with Crippen molar-refractivity contribution in [2.45, 2.75) is 38.6 Å². The van der Waals surface area contributed by atoms with Crippen LogP contribution in [0.15, 0.2) is 85.3 Å². The van der Waals surface area contributed by atoms with E-state index in [9.17, 15) is 4.79 Å². The van der Waals surface area contributed by atoms with E-state index < -0.39 is 0 Å². The number of carbonyl (C=O) groups excluding carboxylic acids is 1. The Kier molecular flexibility index (Phi) is 7.95. The number of hydrogen-bond donors (Lipinski definition) is 0. The fourth-order valence-electron chi connectivity index (χ4n) is 3.75. The van der Waals surface area contributed by atoms with E-state index in [0.717, 1.165) is 60.2 Å². The van der Waals surface area contributed by atoms with Crippen LogP contribution in [0.2, 0.25) is 0 Å². The van der Waals surface area contributed by atoms with Gasteiger partial charge in [0.05, 0.1) is 19.2 Å². The lowest BCUT2D eigenvalue weighted by molar-refractivity contribution is -0.142. The summed E-state index contributed by atoms with van der Waals surface area (Å²) >= 11 is 0. The Balaban J connectivity index is 1.13. The van der Waals surface area contributed by atoms with Gasteiger partial charge < -0.3 is 4.74 Å². The molecule has 168 valence electrons. The van der Waals surface area contributed by atoms with Crippen molar-refractivity contribution in [3.8, 4) is 22.4 Å². The van der Waals surface area contributed by atoms with Crippen LogP contribution in [0.25, 0.3) is 22.4 Å². The van der Waals surface area contributed by atoms with Crippen molar-refractivity contribution in [3.05, 3.63) is 90.9 Å². The predicted octanol–water partition coefficient (Wildman–Crippen LogP) is 5.35. The molecule has 0 fully saturated rings. The molecule has 6 heteroatoms. The maximum Gasteiger partial charge on any atom is 0.310 e. The van der Waals surface area contributed by atoms with E-state index in [2.05, 4.69) is 27.4 Å². The van der Waals surface area contributed by atoms with Crippen LogP contribution >= 0.6 is 0 Å². The van der Waals surface area contributed by atoms with Gasteiger partial charge in [-0.3, -0.25) is 14.5 Å². The van der Waals surface area contributed by atoms with Crippen LogP contribution in [-0.4, -0.2) is 32.6 Å². The molecule has 0 saturated carbocycles. The van der Waals surface area contributed by atoms with Gasteiger partial charge in [-0.15, -0.1) is 5.10 Å². The summed E-state index contributed by atoms with van der Waals surface area (Å²) in [4.78, 5) is 16.5. The van der Waals surface area contributed by atoms with Gasteiger partial charge in [0.1, 0.15) is 5.69 Å². The largest absolute Gasteiger partial charge is 0.465 e. The number of pyridine rings is 1. The molecular weight excluding hydrogens is 412 g/mol. The molecule has 0 N–H and O–H groups in total. The molecule has 0 bridgehead atoms. The molecule has 0 spiro atoms. The Morgan fingerprint density at radius 3 is 2.48 bits per heavy atom. The Labute approximate surface area is 194 Å². The van der Waals surface area contributed by atoms with E-state index in [1.807, 2.05) is 65.5 Å². The summed E-state index contributed by atoms with van der Waals surface area (Å²) in [7, 11) is 0. The number of aryl methyl sites for hydroxylation is 1. The molecule has 0 radical (unpaired) electrons. The van der Waals surface area contributed by atoms with Crippen molar-refractivity contribution < 1.29 is 9.53 Å². The van der Waals surface area contributed by atoms with E-state index in [1.165, 1.54) is 0 Å². The van der Waals surface area contributed by atoms with Crippen LogP contribution < -0.4 is 0 Å². The summed E-state index contributed by atoms with van der Waals surface area (Å²) in [6, 6.07) is 22.0. The molecule has 0 atom stereocenters. The molecule has 0 aliphatic rings. The Hall–Kier alpha value is -3.80. The minimum atomic E-state index is -0.177. The topological polar surface area (TPSA) is 69.9 Å². The number of esters is 1. The molecule has 0 aliphatic heterocycles. The summed E-state index contributed by atoms with van der Waals surface area (Å²) < 4.78 is 7.35. The standard InChI is InChI=1S/C27H28N4O2/c32-27(19-23-13-6-7-15-25(23)22-11-4-3-5-12-22)33-18-9-2-1-8-17-31-21-26(29-30-31)24-14-10-16-28-20-24/h3-7,10-16,20-21H,1-2,8-9,17-19H2. The molecule has 0 aliphatic carbocycles. The molecule has 33 heavy (non-hydrogen) atoms. The first-order chi connectivity index (χ1) is 16.3. The third kappa shape index (κ3) is 6.59. The predicted molar refractivity (Wildman–Crippen MR) is 128 cm³/mol. The zero-order chi connectivity index (χ0) is 22.7. The number of aromatic nitrogens is 4. The van der Waals surface area contributed by atoms with E-state index in [-0.39, 0.29) is 12.4 Å². The fourth-order valence-corrected chi connectivity index (χ4v) is 3.75. The molecule has 0 saturated heterocycles. The summed E-state index contributed by atoms with van der Waals surface area (Å²) in [5.74, 6) is -0.177. The monoisotopic (exact) mass is 440 g/mol. The lowest BCUT2D eigenvalue weighted by Crippen LogP contribution is -2.10. The average Bonchev–Trinajstić information content (AvgIpc) is 3.34. The molecule has 2 aromatic carbocycles. The Morgan fingerprint density at radius 1 is 0.848 bits per heavy atom. The Morgan fingerprint density at radius 2 is 1.64 bits per heavy atom. The van der Waals surface area contributed by atoms with Crippen molar-refractivity contribution in [1.82, 2.24) is 20.0 Å². The van der Waals surface area contributed by atoms with Gasteiger partial charge in [-0.25, -0.2) is 0 Å². The van der Waals surface area contributed by atoms with E-state index in [1.54, 1.807) is 12.4 Å². The molecule has 2 heterocycles. The number of rotatable bonds is 11. The third-order valence-electron chi connectivity index (χ3n) is 5.48. The second-order valence-electron chi connectivity index (χ2n) is 7.94. The quantitative estimate of drug-likeness (QED) is 0.232. The van der Waals surface area contributed by atoms with Crippen molar-refractivity contribution in [3.63, 3.8) is 0 Å². The first-order valence-electron chi connectivity index (χ1n) is 11.4. The van der Waals surface area contributed by atoms with Gasteiger partial charge in [-0.05, 0) is 48.1 Å². The number of unbranched alkanes of at least 4 members (excludes halogenated alkanes) is 3. The van der Waals surface area contributed by atoms with Crippen LogP contribution in [-0.2, 0) is 22.5 Å². The highest BCUT2D eigenvalue weighted by atomic mass is 16.5. The van der Waals surface area contributed by atoms with Crippen LogP contribution in [0, 0.1) is 0 Å². The van der Waals surface area contributed by atoms with E-state index >= 15 is 0 Å². The minimum absolute atomic E-state index is 0.177. The lowest BCUT2D eigenvalue weighted by atomic mass is 9.98. The number of hydrogen-bond acceptors (Lipinski definition) is 5. The second kappa shape index (κ2) is 11.7. The van der Waals surface area contributed by atoms with Gasteiger partial charge in [-0.1, -0.05) is 66.2 Å². The first-order valence-corrected chi connectivity index (χ1v) is 11.4. The van der Waals surface area contributed by atoms with Gasteiger partial charge in [0, 0.05) is 24.5 Å². The summed E-state index contributed by atoms with van der Waals surface area (Å²) in [6.45, 7) is 1.28. The number of nitrogens with zero attached hydrogens (tertiary/aromatic N) is 4. The molecule has 4 rings (SSSR count). The van der Waals surface area contributed by atoms with E-state index in [0.29, 0.717) is 6.61 Å². The van der Waals surface area contributed by atoms with Crippen molar-refractivity contribution in [1.29, 1.82) is 0 Å². The van der Waals surface area contributed by atoms with Crippen molar-refractivity contribution >= 4 is 5.97 Å². The van der Waals surface area contributed by atoms with Crippen LogP contribution in [0.3, 0.4) is 0 Å². The SMILES string of the molecule is O=C(Cc1ccccc1-c1ccccc1)OCCCCCCn1cc(-c2cccnc2)nn1. The summed E-state index contributed by atoms with van der Waals surface area (Å²) in [5.41, 5.74) is 4.99. The van der Waals surface area contributed by atoms with Gasteiger partial charge in [-0.2, -0.15) is 0 Å². The second-order valence-corrected chi connectivity index (χ2v) is 7.94. The van der Waals surface area contributed by atoms with Gasteiger partial charge in [0.15, 0.2) is 0 Å². The first kappa shape index (κ1) is 22.4. The molecule has 0 unspecified atom stereocenters. The zero-order valence-electron chi connectivity index (χ0n) is 18.6. The smallest absolute Gasteiger partial charge is 0.310 e. The van der Waals surface area contributed by atoms with Crippen molar-refractivity contribution in [2.75, 3.05) is 6.61 Å². The molecular formula is C27H28N4O2. The maximum absolute atomic E-state index is 12.3. The summed E-state index contributed by atoms with van der Waals surface area (Å²) in [5, 5.41) is 8.40. The summed E-state index contributed by atoms with van der Waals surface area (Å²) in [6.07, 6.45) is 9.71. The molecule has 6 nitrogen and oxygen atoms in total. The number of carbonyl (C=O) groups is 1. The average molecular weight is 441 g/mol. The number of ether oxygens (including phenoxy) is 1. The van der Waals surface area contributed by atoms with Gasteiger partial charge in [0.2, 0.25) is 0 Å². The highest BCUT2D eigenvalue weighted by molar-refractivity contribution is 5.77. The molecule has 0 amide bonds. The normalized spacial score (nSPS) is 10.8. The molecule has 4 aromatic rings. The Bertz CT molecular complexity index is 1140. The third-order valence-corrected chi connectivity index (χ3v) is 5.48. The molecule has 2 aromatic heterocycles. The zero-order valence-corrected chi connectivity index (χ0v) is 18.6. The van der Waals surface area contributed by atoms with Crippen molar-refractivity contribution in [2.24, 2.45) is 0 Å². The van der Waals surface area contributed by atoms with E-state index in [4.69, 9.17) is 4.74 Å². The van der Waals surface area contributed by atoms with Crippen LogP contribution in [0.4, 0.5) is 0 Å². The fraction of sp³-hybridized carbons (Fsp3) is 0.259. The van der Waals surface area contributed by atoms with Crippen LogP contribution in [0.1, 0.15) is 31.2 Å². The maximum atomic E-state index is 12.3.